The minimum atomic E-state index is -1.22. The Morgan fingerprint density at radius 3 is 2.69 bits per heavy atom. The number of carboxylic acid groups (broad SMARTS) is 1. The first-order valence-electron chi connectivity index (χ1n) is 4.55. The van der Waals surface area contributed by atoms with Gasteiger partial charge in [0.15, 0.2) is 0 Å². The molecule has 5 heteroatoms. The number of aryl methyl sites for hydroxylation is 1. The first-order chi connectivity index (χ1) is 7.61. The van der Waals surface area contributed by atoms with E-state index in [1.54, 1.807) is 0 Å². The summed E-state index contributed by atoms with van der Waals surface area (Å²) in [6.07, 6.45) is 0. The third kappa shape index (κ3) is 1.67. The Kier molecular flexibility index (Phi) is 2.66. The minimum Gasteiger partial charge on any atom is -0.475 e. The molecule has 0 amide bonds. The maximum atomic E-state index is 10.7. The molecule has 2 rings (SSSR count). The van der Waals surface area contributed by atoms with E-state index in [1.807, 2.05) is 31.2 Å². The van der Waals surface area contributed by atoms with Crippen LogP contribution in [0, 0.1) is 6.92 Å². The summed E-state index contributed by atoms with van der Waals surface area (Å²) in [4.78, 5) is 10.7. The maximum Gasteiger partial charge on any atom is 0.376 e. The van der Waals surface area contributed by atoms with Crippen LogP contribution >= 0.6 is 11.6 Å². The molecule has 1 aromatic heterocycles. The number of halogens is 1. The summed E-state index contributed by atoms with van der Waals surface area (Å²) < 4.78 is 4.68. The molecule has 82 valence electrons. The Labute approximate surface area is 96.4 Å². The molecule has 0 aliphatic heterocycles. The number of hydrogen-bond acceptors (Lipinski definition) is 3. The standard InChI is InChI=1S/C11H8ClNO3/c1-6-4-2-3-5-7(6)9-8(12)10(11(14)15)16-13-9/h2-5H,1H3,(H,14,15). The van der Waals surface area contributed by atoms with Gasteiger partial charge in [-0.3, -0.25) is 0 Å². The van der Waals surface area contributed by atoms with Crippen LogP contribution in [-0.4, -0.2) is 16.2 Å². The van der Waals surface area contributed by atoms with Crippen molar-refractivity contribution in [2.24, 2.45) is 0 Å². The van der Waals surface area contributed by atoms with E-state index in [9.17, 15) is 4.79 Å². The van der Waals surface area contributed by atoms with Gasteiger partial charge in [-0.15, -0.1) is 0 Å². The minimum absolute atomic E-state index is 0.0294. The van der Waals surface area contributed by atoms with Crippen LogP contribution in [0.15, 0.2) is 28.8 Å². The lowest BCUT2D eigenvalue weighted by Crippen LogP contribution is -1.93. The molecule has 0 aliphatic carbocycles. The van der Waals surface area contributed by atoms with Gasteiger partial charge in [-0.25, -0.2) is 4.79 Å². The van der Waals surface area contributed by atoms with Crippen LogP contribution in [0.2, 0.25) is 5.02 Å². The smallest absolute Gasteiger partial charge is 0.376 e. The van der Waals surface area contributed by atoms with E-state index in [4.69, 9.17) is 16.7 Å². The fourth-order valence-electron chi connectivity index (χ4n) is 1.42. The lowest BCUT2D eigenvalue weighted by molar-refractivity contribution is 0.0652. The highest BCUT2D eigenvalue weighted by molar-refractivity contribution is 6.35. The highest BCUT2D eigenvalue weighted by Crippen LogP contribution is 2.31. The van der Waals surface area contributed by atoms with Gasteiger partial charge in [0, 0.05) is 5.56 Å². The summed E-state index contributed by atoms with van der Waals surface area (Å²) >= 11 is 5.89. The largest absolute Gasteiger partial charge is 0.475 e. The Hall–Kier alpha value is -1.81. The molecule has 0 radical (unpaired) electrons. The average molecular weight is 238 g/mol. The number of hydrogen-bond donors (Lipinski definition) is 1. The number of carbonyl (C=O) groups is 1. The summed E-state index contributed by atoms with van der Waals surface area (Å²) in [6.45, 7) is 1.89. The van der Waals surface area contributed by atoms with Crippen molar-refractivity contribution in [3.63, 3.8) is 0 Å². The van der Waals surface area contributed by atoms with E-state index >= 15 is 0 Å². The second-order valence-corrected chi connectivity index (χ2v) is 3.67. The third-order valence-electron chi connectivity index (χ3n) is 2.23. The van der Waals surface area contributed by atoms with Gasteiger partial charge in [0.1, 0.15) is 10.7 Å². The van der Waals surface area contributed by atoms with Crippen LogP contribution in [0.1, 0.15) is 16.1 Å². The Balaban J connectivity index is 2.58. The molecular weight excluding hydrogens is 230 g/mol. The second kappa shape index (κ2) is 3.98. The molecule has 0 fully saturated rings. The van der Waals surface area contributed by atoms with E-state index < -0.39 is 5.97 Å². The molecule has 1 aromatic carbocycles. The summed E-state index contributed by atoms with van der Waals surface area (Å²) in [7, 11) is 0. The second-order valence-electron chi connectivity index (χ2n) is 3.29. The van der Waals surface area contributed by atoms with Crippen LogP contribution in [0.5, 0.6) is 0 Å². The van der Waals surface area contributed by atoms with Gasteiger partial charge in [0.2, 0.25) is 0 Å². The van der Waals surface area contributed by atoms with Crippen molar-refractivity contribution in [3.8, 4) is 11.3 Å². The summed E-state index contributed by atoms with van der Waals surface area (Å²) in [5, 5.41) is 12.5. The zero-order chi connectivity index (χ0) is 11.7. The average Bonchev–Trinajstić information content (AvgIpc) is 2.61. The van der Waals surface area contributed by atoms with Crippen LogP contribution < -0.4 is 0 Å². The normalized spacial score (nSPS) is 10.4. The molecule has 0 spiro atoms. The van der Waals surface area contributed by atoms with Crippen molar-refractivity contribution in [1.29, 1.82) is 0 Å². The number of nitrogens with zero attached hydrogens (tertiary/aromatic N) is 1. The predicted octanol–water partition coefficient (Wildman–Crippen LogP) is 3.00. The zero-order valence-corrected chi connectivity index (χ0v) is 9.15. The van der Waals surface area contributed by atoms with Crippen LogP contribution in [-0.2, 0) is 0 Å². The fraction of sp³-hybridized carbons (Fsp3) is 0.0909. The van der Waals surface area contributed by atoms with Gasteiger partial charge in [-0.1, -0.05) is 41.0 Å². The van der Waals surface area contributed by atoms with Gasteiger partial charge in [0.25, 0.3) is 5.76 Å². The fourth-order valence-corrected chi connectivity index (χ4v) is 1.67. The van der Waals surface area contributed by atoms with Gasteiger partial charge >= 0.3 is 5.97 Å². The Morgan fingerprint density at radius 1 is 1.44 bits per heavy atom. The molecular formula is C11H8ClNO3. The maximum absolute atomic E-state index is 10.7. The van der Waals surface area contributed by atoms with E-state index in [1.165, 1.54) is 0 Å². The Morgan fingerprint density at radius 2 is 2.12 bits per heavy atom. The first-order valence-corrected chi connectivity index (χ1v) is 4.93. The molecule has 4 nitrogen and oxygen atoms in total. The quantitative estimate of drug-likeness (QED) is 0.872. The topological polar surface area (TPSA) is 63.3 Å². The molecule has 0 saturated heterocycles. The van der Waals surface area contributed by atoms with Crippen molar-refractivity contribution in [2.75, 3.05) is 0 Å². The van der Waals surface area contributed by atoms with Crippen molar-refractivity contribution in [2.45, 2.75) is 6.92 Å². The highest BCUT2D eigenvalue weighted by Gasteiger charge is 2.21. The van der Waals surface area contributed by atoms with Gasteiger partial charge in [-0.2, -0.15) is 0 Å². The zero-order valence-electron chi connectivity index (χ0n) is 8.40. The molecule has 2 aromatic rings. The van der Waals surface area contributed by atoms with Crippen molar-refractivity contribution >= 4 is 17.6 Å². The SMILES string of the molecule is Cc1ccccc1-c1noc(C(=O)O)c1Cl. The van der Waals surface area contributed by atoms with E-state index in [2.05, 4.69) is 9.68 Å². The van der Waals surface area contributed by atoms with Gasteiger partial charge < -0.3 is 9.63 Å². The van der Waals surface area contributed by atoms with E-state index in [0.717, 1.165) is 11.1 Å². The summed E-state index contributed by atoms with van der Waals surface area (Å²) in [5.41, 5.74) is 2.08. The lowest BCUT2D eigenvalue weighted by Gasteiger charge is -2.00. The predicted molar refractivity (Wildman–Crippen MR) is 58.6 cm³/mol. The van der Waals surface area contributed by atoms with Gasteiger partial charge in [0.05, 0.1) is 0 Å². The van der Waals surface area contributed by atoms with Crippen LogP contribution in [0.4, 0.5) is 0 Å². The molecule has 0 atom stereocenters. The Bertz CT molecular complexity index is 548. The molecule has 0 bridgehead atoms. The number of aromatic nitrogens is 1. The van der Waals surface area contributed by atoms with Crippen molar-refractivity contribution in [1.82, 2.24) is 5.16 Å². The lowest BCUT2D eigenvalue weighted by atomic mass is 10.1. The molecule has 0 unspecified atom stereocenters. The number of aromatic carboxylic acids is 1. The van der Waals surface area contributed by atoms with E-state index in [-0.39, 0.29) is 10.8 Å². The molecule has 0 saturated carbocycles. The monoisotopic (exact) mass is 237 g/mol. The third-order valence-corrected chi connectivity index (χ3v) is 2.58. The van der Waals surface area contributed by atoms with Crippen molar-refractivity contribution < 1.29 is 14.4 Å². The number of rotatable bonds is 2. The van der Waals surface area contributed by atoms with E-state index in [0.29, 0.717) is 5.69 Å². The molecule has 16 heavy (non-hydrogen) atoms. The number of benzene rings is 1. The van der Waals surface area contributed by atoms with Crippen molar-refractivity contribution in [3.05, 3.63) is 40.6 Å². The highest BCUT2D eigenvalue weighted by atomic mass is 35.5. The molecule has 1 heterocycles. The first kappa shape index (κ1) is 10.7. The van der Waals surface area contributed by atoms with Crippen LogP contribution in [0.25, 0.3) is 11.3 Å². The molecule has 1 N–H and O–H groups in total. The number of carboxylic acids is 1. The van der Waals surface area contributed by atoms with Gasteiger partial charge in [-0.05, 0) is 12.5 Å². The van der Waals surface area contributed by atoms with Crippen LogP contribution in [0.3, 0.4) is 0 Å². The molecule has 0 aliphatic rings. The summed E-state index contributed by atoms with van der Waals surface area (Å²) in [6, 6.07) is 7.41. The summed E-state index contributed by atoms with van der Waals surface area (Å²) in [5.74, 6) is -1.56.